The van der Waals surface area contributed by atoms with Crippen LogP contribution in [0.5, 0.6) is 5.75 Å². The van der Waals surface area contributed by atoms with Crippen molar-refractivity contribution in [1.29, 1.82) is 0 Å². The Bertz CT molecular complexity index is 465. The van der Waals surface area contributed by atoms with Crippen molar-refractivity contribution >= 4 is 6.09 Å². The first kappa shape index (κ1) is 15.6. The zero-order valence-electron chi connectivity index (χ0n) is 12.7. The van der Waals surface area contributed by atoms with E-state index in [4.69, 9.17) is 9.47 Å². The number of amides is 1. The van der Waals surface area contributed by atoms with Gasteiger partial charge in [0.15, 0.2) is 6.10 Å². The molecule has 0 saturated carbocycles. The second-order valence-corrected chi connectivity index (χ2v) is 5.17. The third kappa shape index (κ3) is 4.36. The Morgan fingerprint density at radius 2 is 2.24 bits per heavy atom. The molecule has 1 fully saturated rings. The van der Waals surface area contributed by atoms with Crippen LogP contribution in [0.1, 0.15) is 38.3 Å². The summed E-state index contributed by atoms with van der Waals surface area (Å²) in [5.41, 5.74) is 1.16. The van der Waals surface area contributed by atoms with Gasteiger partial charge in [0.25, 0.3) is 0 Å². The van der Waals surface area contributed by atoms with Crippen LogP contribution < -0.4 is 15.4 Å². The summed E-state index contributed by atoms with van der Waals surface area (Å²) in [6.45, 7) is 6.18. The van der Waals surface area contributed by atoms with E-state index in [2.05, 4.69) is 30.5 Å². The standard InChI is InChI=1S/C16H24N2O3/c1-3-9-17-14(4-2)13-7-5-6-8-15(13)20-11-12-10-18-16(19)21-12/h5-8,12,14,17H,3-4,9-11H2,1-2H3,(H,18,19). The highest BCUT2D eigenvalue weighted by atomic mass is 16.6. The number of carbonyl (C=O) groups excluding carboxylic acids is 1. The summed E-state index contributed by atoms with van der Waals surface area (Å²) in [5.74, 6) is 0.857. The average molecular weight is 292 g/mol. The maximum absolute atomic E-state index is 11.0. The molecular formula is C16H24N2O3. The van der Waals surface area contributed by atoms with Gasteiger partial charge in [0.05, 0.1) is 6.54 Å². The molecule has 2 atom stereocenters. The van der Waals surface area contributed by atoms with E-state index in [0.29, 0.717) is 13.2 Å². The number of para-hydroxylation sites is 1. The van der Waals surface area contributed by atoms with E-state index < -0.39 is 0 Å². The first-order valence-corrected chi connectivity index (χ1v) is 7.64. The fraction of sp³-hybridized carbons (Fsp3) is 0.562. The summed E-state index contributed by atoms with van der Waals surface area (Å²) < 4.78 is 11.0. The summed E-state index contributed by atoms with van der Waals surface area (Å²) in [6.07, 6.45) is 1.52. The minimum atomic E-state index is -0.368. The summed E-state index contributed by atoms with van der Waals surface area (Å²) in [7, 11) is 0. The van der Waals surface area contributed by atoms with Crippen LogP contribution in [-0.4, -0.2) is 31.9 Å². The monoisotopic (exact) mass is 292 g/mol. The second-order valence-electron chi connectivity index (χ2n) is 5.17. The first-order valence-electron chi connectivity index (χ1n) is 7.64. The minimum absolute atomic E-state index is 0.214. The molecule has 0 radical (unpaired) electrons. The number of nitrogens with one attached hydrogen (secondary N) is 2. The van der Waals surface area contributed by atoms with Gasteiger partial charge in [-0.3, -0.25) is 0 Å². The molecule has 0 spiro atoms. The highest BCUT2D eigenvalue weighted by Crippen LogP contribution is 2.27. The summed E-state index contributed by atoms with van der Waals surface area (Å²) in [4.78, 5) is 11.0. The Morgan fingerprint density at radius 3 is 2.90 bits per heavy atom. The molecule has 1 aliphatic rings. The van der Waals surface area contributed by atoms with Crippen molar-refractivity contribution in [1.82, 2.24) is 10.6 Å². The van der Waals surface area contributed by atoms with Gasteiger partial charge < -0.3 is 20.1 Å². The molecule has 21 heavy (non-hydrogen) atoms. The molecule has 0 aliphatic carbocycles. The predicted molar refractivity (Wildman–Crippen MR) is 81.5 cm³/mol. The Balaban J connectivity index is 1.99. The van der Waals surface area contributed by atoms with Crippen LogP contribution in [0.25, 0.3) is 0 Å². The van der Waals surface area contributed by atoms with E-state index in [1.165, 1.54) is 0 Å². The van der Waals surface area contributed by atoms with E-state index in [-0.39, 0.29) is 18.2 Å². The maximum Gasteiger partial charge on any atom is 0.407 e. The van der Waals surface area contributed by atoms with Crippen molar-refractivity contribution in [2.24, 2.45) is 0 Å². The molecule has 1 aromatic rings. The van der Waals surface area contributed by atoms with Crippen molar-refractivity contribution in [2.75, 3.05) is 19.7 Å². The molecule has 1 heterocycles. The van der Waals surface area contributed by atoms with Crippen molar-refractivity contribution in [3.8, 4) is 5.75 Å². The van der Waals surface area contributed by atoms with Gasteiger partial charge in [0.2, 0.25) is 0 Å². The van der Waals surface area contributed by atoms with Gasteiger partial charge >= 0.3 is 6.09 Å². The number of ether oxygens (including phenoxy) is 2. The third-order valence-electron chi connectivity index (χ3n) is 3.52. The summed E-state index contributed by atoms with van der Waals surface area (Å²) >= 11 is 0. The van der Waals surface area contributed by atoms with Gasteiger partial charge in [0.1, 0.15) is 12.4 Å². The van der Waals surface area contributed by atoms with Crippen molar-refractivity contribution in [3.05, 3.63) is 29.8 Å². The van der Waals surface area contributed by atoms with Crippen molar-refractivity contribution < 1.29 is 14.3 Å². The molecule has 5 nitrogen and oxygen atoms in total. The largest absolute Gasteiger partial charge is 0.489 e. The normalized spacial score (nSPS) is 19.0. The molecule has 2 N–H and O–H groups in total. The average Bonchev–Trinajstić information content (AvgIpc) is 2.92. The highest BCUT2D eigenvalue weighted by Gasteiger charge is 2.23. The van der Waals surface area contributed by atoms with E-state index in [1.807, 2.05) is 18.2 Å². The molecule has 0 bridgehead atoms. The molecule has 0 aromatic heterocycles. The van der Waals surface area contributed by atoms with Crippen molar-refractivity contribution in [3.63, 3.8) is 0 Å². The number of rotatable bonds is 8. The zero-order chi connectivity index (χ0) is 15.1. The Labute approximate surface area is 126 Å². The van der Waals surface area contributed by atoms with Gasteiger partial charge in [-0.25, -0.2) is 4.79 Å². The molecule has 116 valence electrons. The lowest BCUT2D eigenvalue weighted by molar-refractivity contribution is 0.104. The molecule has 1 amide bonds. The Morgan fingerprint density at radius 1 is 1.43 bits per heavy atom. The molecule has 1 aromatic carbocycles. The molecule has 2 rings (SSSR count). The highest BCUT2D eigenvalue weighted by molar-refractivity contribution is 5.69. The van der Waals surface area contributed by atoms with Gasteiger partial charge in [-0.2, -0.15) is 0 Å². The number of benzene rings is 1. The van der Waals surface area contributed by atoms with Gasteiger partial charge in [-0.05, 0) is 25.5 Å². The van der Waals surface area contributed by atoms with E-state index in [1.54, 1.807) is 0 Å². The van der Waals surface area contributed by atoms with E-state index in [0.717, 1.165) is 30.7 Å². The van der Waals surface area contributed by atoms with Crippen LogP contribution in [0, 0.1) is 0 Å². The lowest BCUT2D eigenvalue weighted by atomic mass is 10.0. The lowest BCUT2D eigenvalue weighted by Gasteiger charge is -2.21. The Kier molecular flexibility index (Phi) is 5.87. The second kappa shape index (κ2) is 7.88. The van der Waals surface area contributed by atoms with Crippen molar-refractivity contribution in [2.45, 2.75) is 38.8 Å². The molecule has 2 unspecified atom stereocenters. The number of hydrogen-bond donors (Lipinski definition) is 2. The number of alkyl carbamates (subject to hydrolysis) is 1. The lowest BCUT2D eigenvalue weighted by Crippen LogP contribution is -2.24. The number of cyclic esters (lactones) is 1. The SMILES string of the molecule is CCCNC(CC)c1ccccc1OCC1CNC(=O)O1. The Hall–Kier alpha value is -1.75. The van der Waals surface area contributed by atoms with Crippen LogP contribution in [0.2, 0.25) is 0 Å². The zero-order valence-corrected chi connectivity index (χ0v) is 12.7. The van der Waals surface area contributed by atoms with Crippen LogP contribution >= 0.6 is 0 Å². The first-order chi connectivity index (χ1) is 10.2. The summed E-state index contributed by atoms with van der Waals surface area (Å²) in [5, 5.41) is 6.16. The number of hydrogen-bond acceptors (Lipinski definition) is 4. The fourth-order valence-corrected chi connectivity index (χ4v) is 2.40. The van der Waals surface area contributed by atoms with Gasteiger partial charge in [0, 0.05) is 11.6 Å². The maximum atomic E-state index is 11.0. The van der Waals surface area contributed by atoms with Gasteiger partial charge in [-0.15, -0.1) is 0 Å². The molecule has 1 aliphatic heterocycles. The molecular weight excluding hydrogens is 268 g/mol. The quantitative estimate of drug-likeness (QED) is 0.773. The number of carbonyl (C=O) groups is 1. The third-order valence-corrected chi connectivity index (χ3v) is 3.52. The van der Waals surface area contributed by atoms with E-state index >= 15 is 0 Å². The van der Waals surface area contributed by atoms with Crippen LogP contribution in [-0.2, 0) is 4.74 Å². The van der Waals surface area contributed by atoms with Crippen LogP contribution in [0.4, 0.5) is 4.79 Å². The topological polar surface area (TPSA) is 59.6 Å². The fourth-order valence-electron chi connectivity index (χ4n) is 2.40. The predicted octanol–water partition coefficient (Wildman–Crippen LogP) is 2.62. The van der Waals surface area contributed by atoms with Gasteiger partial charge in [-0.1, -0.05) is 32.0 Å². The summed E-state index contributed by atoms with van der Waals surface area (Å²) in [6, 6.07) is 8.33. The molecule has 1 saturated heterocycles. The minimum Gasteiger partial charge on any atom is -0.489 e. The van der Waals surface area contributed by atoms with Crippen LogP contribution in [0.3, 0.4) is 0 Å². The van der Waals surface area contributed by atoms with Crippen LogP contribution in [0.15, 0.2) is 24.3 Å². The molecule has 5 heteroatoms. The smallest absolute Gasteiger partial charge is 0.407 e. The van der Waals surface area contributed by atoms with E-state index in [9.17, 15) is 4.79 Å².